The summed E-state index contributed by atoms with van der Waals surface area (Å²) < 4.78 is 5.46. The van der Waals surface area contributed by atoms with Crippen molar-refractivity contribution in [3.05, 3.63) is 40.3 Å². The molecule has 1 N–H and O–H groups in total. The van der Waals surface area contributed by atoms with Crippen LogP contribution in [0.5, 0.6) is 0 Å². The van der Waals surface area contributed by atoms with Crippen LogP contribution in [0, 0.1) is 12.3 Å². The first-order valence-electron chi connectivity index (χ1n) is 9.01. The molecule has 2 aliphatic heterocycles. The van der Waals surface area contributed by atoms with Crippen molar-refractivity contribution in [3.63, 3.8) is 0 Å². The summed E-state index contributed by atoms with van der Waals surface area (Å²) in [7, 11) is 0. The quantitative estimate of drug-likeness (QED) is 0.786. The van der Waals surface area contributed by atoms with Gasteiger partial charge in [-0.3, -0.25) is 15.0 Å². The number of hydrogen-bond acceptors (Lipinski definition) is 7. The van der Waals surface area contributed by atoms with Crippen LogP contribution in [-0.2, 0) is 14.3 Å². The van der Waals surface area contributed by atoms with Crippen LogP contribution in [0.15, 0.2) is 29.2 Å². The van der Waals surface area contributed by atoms with Gasteiger partial charge >= 0.3 is 0 Å². The number of aromatic nitrogens is 1. The average molecular weight is 396 g/mol. The van der Waals surface area contributed by atoms with E-state index < -0.39 is 11.8 Å². The molecule has 2 fully saturated rings. The molecule has 0 aliphatic carbocycles. The van der Waals surface area contributed by atoms with E-state index in [2.05, 4.69) is 4.90 Å². The van der Waals surface area contributed by atoms with E-state index in [1.54, 1.807) is 6.08 Å². The Morgan fingerprint density at radius 3 is 2.71 bits per heavy atom. The first-order chi connectivity index (χ1) is 13.4. The lowest BCUT2D eigenvalue weighted by Gasteiger charge is -2.29. The Labute approximate surface area is 166 Å². The van der Waals surface area contributed by atoms with Crippen LogP contribution in [0.4, 0.5) is 5.82 Å². The number of nitrogens with one attached hydrogen (secondary N) is 1. The van der Waals surface area contributed by atoms with Gasteiger partial charge in [-0.2, -0.15) is 0 Å². The lowest BCUT2D eigenvalue weighted by atomic mass is 10.1. The molecule has 0 spiro atoms. The van der Waals surface area contributed by atoms with Crippen LogP contribution in [0.25, 0.3) is 17.0 Å². The number of amides is 2. The van der Waals surface area contributed by atoms with Gasteiger partial charge in [0.1, 0.15) is 5.82 Å². The van der Waals surface area contributed by atoms with Crippen LogP contribution >= 0.6 is 11.8 Å². The average Bonchev–Trinajstić information content (AvgIpc) is 2.95. The number of thioether (sulfide) groups is 1. The maximum absolute atomic E-state index is 12.6. The molecule has 0 saturated carbocycles. The summed E-state index contributed by atoms with van der Waals surface area (Å²) in [5, 5.41) is 8.84. The molecule has 3 heterocycles. The van der Waals surface area contributed by atoms with Gasteiger partial charge < -0.3 is 9.64 Å². The van der Waals surface area contributed by atoms with Crippen LogP contribution in [0.2, 0.25) is 0 Å². The van der Waals surface area contributed by atoms with Gasteiger partial charge in [0.05, 0.1) is 23.6 Å². The second kappa shape index (κ2) is 7.37. The van der Waals surface area contributed by atoms with Crippen molar-refractivity contribution < 1.29 is 14.3 Å². The molecule has 28 heavy (non-hydrogen) atoms. The molecule has 0 atom stereocenters. The summed E-state index contributed by atoms with van der Waals surface area (Å²) in [6.45, 7) is 6.00. The highest BCUT2D eigenvalue weighted by atomic mass is 32.2. The van der Waals surface area contributed by atoms with Crippen molar-refractivity contribution in [3.8, 4) is 0 Å². The van der Waals surface area contributed by atoms with Crippen LogP contribution in [0.3, 0.4) is 0 Å². The van der Waals surface area contributed by atoms with Crippen LogP contribution in [0.1, 0.15) is 18.1 Å². The Balaban J connectivity index is 1.83. The Morgan fingerprint density at radius 2 is 2.04 bits per heavy atom. The number of hydrogen-bond donors (Lipinski definition) is 1. The van der Waals surface area contributed by atoms with E-state index in [0.717, 1.165) is 57.6 Å². The second-order valence-corrected chi connectivity index (χ2v) is 7.80. The highest BCUT2D eigenvalue weighted by Crippen LogP contribution is 2.34. The molecular formula is C20H20N4O3S. The third-order valence-electron chi connectivity index (χ3n) is 4.72. The van der Waals surface area contributed by atoms with Crippen LogP contribution in [-0.4, -0.2) is 53.2 Å². The number of nitrogens with zero attached hydrogens (tertiary/aromatic N) is 3. The number of ether oxygens (including phenoxy) is 1. The van der Waals surface area contributed by atoms with Gasteiger partial charge in [0.25, 0.3) is 5.91 Å². The fraction of sp³-hybridized carbons (Fsp3) is 0.300. The summed E-state index contributed by atoms with van der Waals surface area (Å²) in [5.74, 6) is -0.124. The molecule has 0 bridgehead atoms. The van der Waals surface area contributed by atoms with Crippen molar-refractivity contribution in [2.75, 3.05) is 31.2 Å². The van der Waals surface area contributed by atoms with E-state index >= 15 is 0 Å². The van der Waals surface area contributed by atoms with Gasteiger partial charge in [-0.05, 0) is 42.5 Å². The second-order valence-electron chi connectivity index (χ2n) is 6.77. The van der Waals surface area contributed by atoms with Gasteiger partial charge in [-0.15, -0.1) is 0 Å². The number of rotatable bonds is 2. The number of amidine groups is 1. The molecule has 0 radical (unpaired) electrons. The van der Waals surface area contributed by atoms with E-state index in [4.69, 9.17) is 15.1 Å². The fourth-order valence-corrected chi connectivity index (χ4v) is 4.21. The predicted octanol–water partition coefficient (Wildman–Crippen LogP) is 2.78. The number of benzene rings is 1. The molecule has 2 saturated heterocycles. The van der Waals surface area contributed by atoms with Gasteiger partial charge in [0.15, 0.2) is 5.17 Å². The highest BCUT2D eigenvalue weighted by molar-refractivity contribution is 8.18. The number of carbonyl (C=O) groups is 2. The minimum atomic E-state index is -0.459. The third kappa shape index (κ3) is 3.41. The molecule has 8 heteroatoms. The zero-order valence-electron chi connectivity index (χ0n) is 15.7. The minimum Gasteiger partial charge on any atom is -0.378 e. The van der Waals surface area contributed by atoms with E-state index in [0.29, 0.717) is 18.1 Å². The molecule has 4 rings (SSSR count). The number of imide groups is 1. The van der Waals surface area contributed by atoms with Gasteiger partial charge in [0.2, 0.25) is 5.91 Å². The van der Waals surface area contributed by atoms with E-state index in [-0.39, 0.29) is 5.17 Å². The molecule has 7 nitrogen and oxygen atoms in total. The van der Waals surface area contributed by atoms with Gasteiger partial charge in [-0.25, -0.2) is 9.88 Å². The monoisotopic (exact) mass is 396 g/mol. The van der Waals surface area contributed by atoms with Crippen molar-refractivity contribution in [2.24, 2.45) is 0 Å². The van der Waals surface area contributed by atoms with Crippen molar-refractivity contribution in [1.29, 1.82) is 5.41 Å². The highest BCUT2D eigenvalue weighted by Gasteiger charge is 2.35. The largest absolute Gasteiger partial charge is 0.378 e. The first kappa shape index (κ1) is 18.6. The van der Waals surface area contributed by atoms with Crippen LogP contribution < -0.4 is 4.90 Å². The minimum absolute atomic E-state index is 0.0685. The zero-order chi connectivity index (χ0) is 19.8. The molecule has 1 aromatic heterocycles. The predicted molar refractivity (Wildman–Crippen MR) is 110 cm³/mol. The zero-order valence-corrected chi connectivity index (χ0v) is 16.5. The third-order valence-corrected chi connectivity index (χ3v) is 5.61. The van der Waals surface area contributed by atoms with Crippen molar-refractivity contribution in [1.82, 2.24) is 9.88 Å². The molecule has 1 aromatic carbocycles. The topological polar surface area (TPSA) is 86.6 Å². The Morgan fingerprint density at radius 1 is 1.29 bits per heavy atom. The van der Waals surface area contributed by atoms with E-state index in [1.165, 1.54) is 6.92 Å². The first-order valence-corrected chi connectivity index (χ1v) is 9.83. The SMILES string of the molecule is CC(=O)N1C(=N)S/C(=C/c2cc3ccc(C)cc3nc2N2CCOCC2)C1=O. The summed E-state index contributed by atoms with van der Waals surface area (Å²) >= 11 is 0.997. The summed E-state index contributed by atoms with van der Waals surface area (Å²) in [5.41, 5.74) is 2.82. The normalized spacial score (nSPS) is 19.1. The van der Waals surface area contributed by atoms with Gasteiger partial charge in [0, 0.05) is 31.0 Å². The van der Waals surface area contributed by atoms with Gasteiger partial charge in [-0.1, -0.05) is 12.1 Å². The summed E-state index contributed by atoms with van der Waals surface area (Å²) in [6.07, 6.45) is 1.74. The molecule has 2 aromatic rings. The Bertz CT molecular complexity index is 1030. The number of anilines is 1. The maximum Gasteiger partial charge on any atom is 0.273 e. The van der Waals surface area contributed by atoms with E-state index in [1.807, 2.05) is 31.2 Å². The smallest absolute Gasteiger partial charge is 0.273 e. The summed E-state index contributed by atoms with van der Waals surface area (Å²) in [6, 6.07) is 8.08. The number of carbonyl (C=O) groups excluding carboxylic acids is 2. The Kier molecular flexibility index (Phi) is 4.91. The maximum atomic E-state index is 12.6. The fourth-order valence-electron chi connectivity index (χ4n) is 3.33. The molecular weight excluding hydrogens is 376 g/mol. The standard InChI is InChI=1S/C20H20N4O3S/c1-12-3-4-14-10-15(11-17-19(26)24(13(2)25)20(21)28-17)18(22-16(14)9-12)23-5-7-27-8-6-23/h3-4,9-11,21H,5-8H2,1-2H3/b17-11+,21-20?. The Hall–Kier alpha value is -2.71. The summed E-state index contributed by atoms with van der Waals surface area (Å²) in [4.78, 5) is 32.5. The van der Waals surface area contributed by atoms with Crippen molar-refractivity contribution in [2.45, 2.75) is 13.8 Å². The number of fused-ring (bicyclic) bond motifs is 1. The van der Waals surface area contributed by atoms with Crippen molar-refractivity contribution >= 4 is 51.5 Å². The lowest BCUT2D eigenvalue weighted by Crippen LogP contribution is -2.37. The van der Waals surface area contributed by atoms with E-state index in [9.17, 15) is 9.59 Å². The molecule has 2 aliphatic rings. The number of morpholine rings is 1. The lowest BCUT2D eigenvalue weighted by molar-refractivity contribution is -0.135. The number of pyridine rings is 1. The molecule has 144 valence electrons. The number of aryl methyl sites for hydroxylation is 1. The molecule has 0 unspecified atom stereocenters. The molecule has 2 amide bonds.